The number of carbonyl (C=O) groups is 1. The molecule has 0 spiro atoms. The van der Waals surface area contributed by atoms with Gasteiger partial charge in [-0.3, -0.25) is 4.79 Å². The maximum atomic E-state index is 12.4. The molecule has 3 rings (SSSR count). The number of hydrogen-bond acceptors (Lipinski definition) is 5. The first-order chi connectivity index (χ1) is 12.2. The molecule has 0 unspecified atom stereocenters. The molecule has 1 aromatic heterocycles. The molecule has 1 amide bonds. The molecule has 0 atom stereocenters. The average molecular weight is 402 g/mol. The van der Waals surface area contributed by atoms with Crippen molar-refractivity contribution in [1.29, 1.82) is 0 Å². The Morgan fingerprint density at radius 1 is 1.16 bits per heavy atom. The van der Waals surface area contributed by atoms with E-state index in [9.17, 15) is 4.79 Å². The minimum atomic E-state index is -0.299. The maximum absolute atomic E-state index is 12.4. The zero-order valence-corrected chi connectivity index (χ0v) is 15.1. The van der Waals surface area contributed by atoms with Gasteiger partial charge in [-0.2, -0.15) is 0 Å². The van der Waals surface area contributed by atoms with Crippen molar-refractivity contribution < 1.29 is 14.2 Å². The fourth-order valence-electron chi connectivity index (χ4n) is 2.21. The highest BCUT2D eigenvalue weighted by molar-refractivity contribution is 9.10. The van der Waals surface area contributed by atoms with Crippen molar-refractivity contribution in [3.8, 4) is 17.0 Å². The van der Waals surface area contributed by atoms with Crippen molar-refractivity contribution >= 4 is 27.7 Å². The van der Waals surface area contributed by atoms with Crippen LogP contribution in [0.1, 0.15) is 23.7 Å². The Morgan fingerprint density at radius 2 is 1.92 bits per heavy atom. The molecule has 0 bridgehead atoms. The third kappa shape index (κ3) is 4.06. The second kappa shape index (κ2) is 7.94. The van der Waals surface area contributed by atoms with E-state index in [-0.39, 0.29) is 11.7 Å². The molecule has 25 heavy (non-hydrogen) atoms. The number of nitrogens with zero attached hydrogens (tertiary/aromatic N) is 2. The van der Waals surface area contributed by atoms with Crippen LogP contribution in [0, 0.1) is 0 Å². The Morgan fingerprint density at radius 3 is 2.64 bits per heavy atom. The van der Waals surface area contributed by atoms with Crippen LogP contribution in [0.2, 0.25) is 0 Å². The van der Waals surface area contributed by atoms with Crippen LogP contribution in [-0.4, -0.2) is 22.8 Å². The third-order valence-electron chi connectivity index (χ3n) is 3.44. The van der Waals surface area contributed by atoms with Crippen LogP contribution in [-0.2, 0) is 0 Å². The standard InChI is InChI=1S/C18H16BrN3O3/c1-2-11-24-13-9-7-12(8-10-13)16-17(22-25-21-16)20-18(23)14-5-3-4-6-15(14)19/h3-10H,2,11H2,1H3,(H,20,22,23). The van der Waals surface area contributed by atoms with Gasteiger partial charge in [-0.15, -0.1) is 0 Å². The van der Waals surface area contributed by atoms with Gasteiger partial charge < -0.3 is 10.1 Å². The molecular weight excluding hydrogens is 386 g/mol. The minimum Gasteiger partial charge on any atom is -0.494 e. The van der Waals surface area contributed by atoms with Crippen molar-refractivity contribution in [2.75, 3.05) is 11.9 Å². The summed E-state index contributed by atoms with van der Waals surface area (Å²) in [7, 11) is 0. The Labute approximate surface area is 153 Å². The summed E-state index contributed by atoms with van der Waals surface area (Å²) < 4.78 is 11.1. The molecule has 7 heteroatoms. The lowest BCUT2D eigenvalue weighted by atomic mass is 10.1. The van der Waals surface area contributed by atoms with Crippen molar-refractivity contribution in [2.45, 2.75) is 13.3 Å². The predicted octanol–water partition coefficient (Wildman–Crippen LogP) is 4.54. The van der Waals surface area contributed by atoms with E-state index in [1.54, 1.807) is 18.2 Å². The summed E-state index contributed by atoms with van der Waals surface area (Å²) in [6.07, 6.45) is 0.945. The summed E-state index contributed by atoms with van der Waals surface area (Å²) in [5.74, 6) is 0.746. The number of amides is 1. The number of ether oxygens (including phenoxy) is 1. The van der Waals surface area contributed by atoms with E-state index in [2.05, 4.69) is 38.5 Å². The Kier molecular flexibility index (Phi) is 5.45. The Bertz CT molecular complexity index is 862. The number of carbonyl (C=O) groups excluding carboxylic acids is 1. The zero-order chi connectivity index (χ0) is 17.6. The number of rotatable bonds is 6. The second-order valence-electron chi connectivity index (χ2n) is 5.27. The number of aromatic nitrogens is 2. The van der Waals surface area contributed by atoms with E-state index in [0.29, 0.717) is 22.3 Å². The highest BCUT2D eigenvalue weighted by atomic mass is 79.9. The molecule has 0 radical (unpaired) electrons. The molecule has 128 valence electrons. The van der Waals surface area contributed by atoms with Crippen LogP contribution in [0.15, 0.2) is 57.6 Å². The molecule has 0 saturated carbocycles. The van der Waals surface area contributed by atoms with Crippen LogP contribution >= 0.6 is 15.9 Å². The molecule has 3 aromatic rings. The minimum absolute atomic E-state index is 0.267. The lowest BCUT2D eigenvalue weighted by Gasteiger charge is -2.06. The molecule has 0 aliphatic rings. The van der Waals surface area contributed by atoms with Gasteiger partial charge in [0.15, 0.2) is 5.69 Å². The van der Waals surface area contributed by atoms with E-state index in [1.165, 1.54) is 0 Å². The van der Waals surface area contributed by atoms with Crippen LogP contribution in [0.3, 0.4) is 0 Å². The molecule has 0 saturated heterocycles. The molecule has 0 aliphatic heterocycles. The Balaban J connectivity index is 1.79. The molecule has 0 fully saturated rings. The predicted molar refractivity (Wildman–Crippen MR) is 97.6 cm³/mol. The maximum Gasteiger partial charge on any atom is 0.258 e. The highest BCUT2D eigenvalue weighted by Gasteiger charge is 2.17. The molecule has 1 N–H and O–H groups in total. The van der Waals surface area contributed by atoms with Crippen LogP contribution in [0.5, 0.6) is 5.75 Å². The number of anilines is 1. The summed E-state index contributed by atoms with van der Waals surface area (Å²) >= 11 is 3.36. The van der Waals surface area contributed by atoms with E-state index in [4.69, 9.17) is 9.37 Å². The number of nitrogens with one attached hydrogen (secondary N) is 1. The van der Waals surface area contributed by atoms with Crippen molar-refractivity contribution in [2.24, 2.45) is 0 Å². The normalized spacial score (nSPS) is 10.5. The summed E-state index contributed by atoms with van der Waals surface area (Å²) in [6.45, 7) is 2.72. The zero-order valence-electron chi connectivity index (χ0n) is 13.5. The van der Waals surface area contributed by atoms with Crippen molar-refractivity contribution in [3.63, 3.8) is 0 Å². The summed E-state index contributed by atoms with van der Waals surface area (Å²) in [6, 6.07) is 14.5. The van der Waals surface area contributed by atoms with Crippen LogP contribution in [0.25, 0.3) is 11.3 Å². The van der Waals surface area contributed by atoms with E-state index in [0.717, 1.165) is 17.7 Å². The number of hydrogen-bond donors (Lipinski definition) is 1. The van der Waals surface area contributed by atoms with Gasteiger partial charge in [0.2, 0.25) is 5.82 Å². The molecule has 1 heterocycles. The topological polar surface area (TPSA) is 77.2 Å². The average Bonchev–Trinajstić information content (AvgIpc) is 3.08. The largest absolute Gasteiger partial charge is 0.494 e. The van der Waals surface area contributed by atoms with Gasteiger partial charge in [-0.1, -0.05) is 19.1 Å². The first kappa shape index (κ1) is 17.2. The lowest BCUT2D eigenvalue weighted by molar-refractivity contribution is 0.102. The molecule has 6 nitrogen and oxygen atoms in total. The summed E-state index contributed by atoms with van der Waals surface area (Å²) in [5, 5.41) is 10.4. The number of halogens is 1. The quantitative estimate of drug-likeness (QED) is 0.655. The van der Waals surface area contributed by atoms with Gasteiger partial charge in [0, 0.05) is 10.0 Å². The first-order valence-corrected chi connectivity index (χ1v) is 8.60. The van der Waals surface area contributed by atoms with E-state index >= 15 is 0 Å². The van der Waals surface area contributed by atoms with Crippen LogP contribution in [0.4, 0.5) is 5.82 Å². The second-order valence-corrected chi connectivity index (χ2v) is 6.12. The summed E-state index contributed by atoms with van der Waals surface area (Å²) in [4.78, 5) is 12.4. The lowest BCUT2D eigenvalue weighted by Crippen LogP contribution is -2.13. The number of benzene rings is 2. The molecule has 0 aliphatic carbocycles. The molecule has 2 aromatic carbocycles. The van der Waals surface area contributed by atoms with E-state index < -0.39 is 0 Å². The van der Waals surface area contributed by atoms with Gasteiger partial charge in [0.25, 0.3) is 5.91 Å². The van der Waals surface area contributed by atoms with Gasteiger partial charge in [0.05, 0.1) is 12.2 Å². The van der Waals surface area contributed by atoms with Gasteiger partial charge in [-0.25, -0.2) is 4.63 Å². The fraction of sp³-hybridized carbons (Fsp3) is 0.167. The monoisotopic (exact) mass is 401 g/mol. The first-order valence-electron chi connectivity index (χ1n) is 7.80. The molecular formula is C18H16BrN3O3. The van der Waals surface area contributed by atoms with Gasteiger partial charge in [-0.05, 0) is 69.1 Å². The van der Waals surface area contributed by atoms with Gasteiger partial charge >= 0.3 is 0 Å². The summed E-state index contributed by atoms with van der Waals surface area (Å²) in [5.41, 5.74) is 1.73. The van der Waals surface area contributed by atoms with Gasteiger partial charge in [0.1, 0.15) is 5.75 Å². The highest BCUT2D eigenvalue weighted by Crippen LogP contribution is 2.27. The van der Waals surface area contributed by atoms with Crippen molar-refractivity contribution in [1.82, 2.24) is 10.3 Å². The fourth-order valence-corrected chi connectivity index (χ4v) is 2.67. The van der Waals surface area contributed by atoms with E-state index in [1.807, 2.05) is 30.3 Å². The smallest absolute Gasteiger partial charge is 0.258 e. The van der Waals surface area contributed by atoms with Crippen molar-refractivity contribution in [3.05, 3.63) is 58.6 Å². The Hall–Kier alpha value is -2.67. The SMILES string of the molecule is CCCOc1ccc(-c2nonc2NC(=O)c2ccccc2Br)cc1. The van der Waals surface area contributed by atoms with Crippen LogP contribution < -0.4 is 10.1 Å². The third-order valence-corrected chi connectivity index (χ3v) is 4.13.